The van der Waals surface area contributed by atoms with Gasteiger partial charge < -0.3 is 10.2 Å². The van der Waals surface area contributed by atoms with Crippen molar-refractivity contribution < 1.29 is 0 Å². The molecule has 21 heavy (non-hydrogen) atoms. The van der Waals surface area contributed by atoms with Crippen molar-refractivity contribution in [1.82, 2.24) is 5.32 Å². The van der Waals surface area contributed by atoms with E-state index in [-0.39, 0.29) is 0 Å². The van der Waals surface area contributed by atoms with E-state index in [1.54, 1.807) is 0 Å². The summed E-state index contributed by atoms with van der Waals surface area (Å²) in [6.07, 6.45) is 4.92. The van der Waals surface area contributed by atoms with Crippen LogP contribution < -0.4 is 10.2 Å². The van der Waals surface area contributed by atoms with E-state index in [1.165, 1.54) is 43.6 Å². The average molecular weight is 288 g/mol. The van der Waals surface area contributed by atoms with Gasteiger partial charge in [-0.25, -0.2) is 0 Å². The number of anilines is 1. The van der Waals surface area contributed by atoms with E-state index in [0.29, 0.717) is 11.5 Å². The van der Waals surface area contributed by atoms with Gasteiger partial charge in [-0.15, -0.1) is 0 Å². The molecule has 118 valence electrons. The molecular weight excluding hydrogens is 256 g/mol. The molecule has 2 heteroatoms. The summed E-state index contributed by atoms with van der Waals surface area (Å²) in [5.74, 6) is 0. The highest BCUT2D eigenvalue weighted by molar-refractivity contribution is 5.55. The van der Waals surface area contributed by atoms with Crippen molar-refractivity contribution in [1.29, 1.82) is 0 Å². The first-order valence-corrected chi connectivity index (χ1v) is 8.64. The van der Waals surface area contributed by atoms with Crippen LogP contribution in [-0.2, 0) is 0 Å². The predicted molar refractivity (Wildman–Crippen MR) is 93.0 cm³/mol. The van der Waals surface area contributed by atoms with Crippen LogP contribution in [0.1, 0.15) is 65.0 Å². The Bertz CT molecular complexity index is 429. The van der Waals surface area contributed by atoms with Crippen molar-refractivity contribution in [3.05, 3.63) is 29.8 Å². The molecule has 0 radical (unpaired) electrons. The van der Waals surface area contributed by atoms with Crippen molar-refractivity contribution in [2.45, 2.75) is 59.4 Å². The number of rotatable bonds is 6. The Morgan fingerprint density at radius 3 is 2.43 bits per heavy atom. The molecule has 1 aromatic rings. The Morgan fingerprint density at radius 2 is 1.81 bits per heavy atom. The van der Waals surface area contributed by atoms with E-state index in [9.17, 15) is 0 Å². The first kappa shape index (κ1) is 16.4. The number of hydrogen-bond acceptors (Lipinski definition) is 2. The molecule has 0 saturated carbocycles. The molecule has 1 N–H and O–H groups in total. The quantitative estimate of drug-likeness (QED) is 0.811. The van der Waals surface area contributed by atoms with Crippen molar-refractivity contribution in [2.75, 3.05) is 24.5 Å². The molecule has 0 aliphatic carbocycles. The van der Waals surface area contributed by atoms with Crippen LogP contribution in [0.15, 0.2) is 24.3 Å². The summed E-state index contributed by atoms with van der Waals surface area (Å²) in [5.41, 5.74) is 3.44. The molecule has 1 unspecified atom stereocenters. The van der Waals surface area contributed by atoms with Crippen LogP contribution in [0.4, 0.5) is 5.69 Å². The van der Waals surface area contributed by atoms with E-state index >= 15 is 0 Å². The third kappa shape index (κ3) is 4.23. The van der Waals surface area contributed by atoms with Gasteiger partial charge in [0, 0.05) is 24.8 Å². The molecule has 0 amide bonds. The maximum Gasteiger partial charge on any atom is 0.0414 e. The first-order chi connectivity index (χ1) is 10.1. The number of nitrogens with zero attached hydrogens (tertiary/aromatic N) is 1. The number of hydrogen-bond donors (Lipinski definition) is 1. The normalized spacial score (nSPS) is 19.5. The van der Waals surface area contributed by atoms with E-state index in [1.807, 2.05) is 0 Å². The minimum Gasteiger partial charge on any atom is -0.371 e. The molecule has 0 bridgehead atoms. The number of nitrogens with one attached hydrogen (secondary N) is 1. The van der Waals surface area contributed by atoms with Crippen molar-refractivity contribution in [2.24, 2.45) is 5.41 Å². The van der Waals surface area contributed by atoms with Crippen LogP contribution >= 0.6 is 0 Å². The highest BCUT2D eigenvalue weighted by Crippen LogP contribution is 2.35. The monoisotopic (exact) mass is 288 g/mol. The second-order valence-corrected chi connectivity index (χ2v) is 7.13. The summed E-state index contributed by atoms with van der Waals surface area (Å²) >= 11 is 0. The van der Waals surface area contributed by atoms with Gasteiger partial charge in [-0.3, -0.25) is 0 Å². The smallest absolute Gasteiger partial charge is 0.0414 e. The zero-order chi connectivity index (χ0) is 15.3. The zero-order valence-corrected chi connectivity index (χ0v) is 14.3. The van der Waals surface area contributed by atoms with Crippen LogP contribution in [0, 0.1) is 5.41 Å². The number of benzene rings is 1. The minimum absolute atomic E-state index is 0.482. The highest BCUT2D eigenvalue weighted by Gasteiger charge is 2.27. The fourth-order valence-corrected chi connectivity index (χ4v) is 3.22. The van der Waals surface area contributed by atoms with Gasteiger partial charge in [-0.05, 0) is 49.3 Å². The van der Waals surface area contributed by atoms with E-state index in [0.717, 1.165) is 13.0 Å². The van der Waals surface area contributed by atoms with Gasteiger partial charge in [0.05, 0.1) is 0 Å². The molecule has 2 nitrogen and oxygen atoms in total. The summed E-state index contributed by atoms with van der Waals surface area (Å²) < 4.78 is 0. The standard InChI is InChI=1S/C19H32N2/c1-5-13-20-17(6-2)16-9-7-8-10-18(16)21-14-11-19(3,4)12-15-21/h7-10,17,20H,5-6,11-15H2,1-4H3. The second-order valence-electron chi connectivity index (χ2n) is 7.13. The maximum absolute atomic E-state index is 3.70. The first-order valence-electron chi connectivity index (χ1n) is 8.64. The predicted octanol–water partition coefficient (Wildman–Crippen LogP) is 4.76. The molecule has 1 aromatic carbocycles. The molecule has 0 aromatic heterocycles. The van der Waals surface area contributed by atoms with Crippen LogP contribution in [0.3, 0.4) is 0 Å². The topological polar surface area (TPSA) is 15.3 Å². The lowest BCUT2D eigenvalue weighted by atomic mass is 9.82. The van der Waals surface area contributed by atoms with Gasteiger partial charge in [0.25, 0.3) is 0 Å². The van der Waals surface area contributed by atoms with Gasteiger partial charge in [0.2, 0.25) is 0 Å². The third-order valence-electron chi connectivity index (χ3n) is 4.82. The Hall–Kier alpha value is -1.02. The van der Waals surface area contributed by atoms with Crippen LogP contribution in [-0.4, -0.2) is 19.6 Å². The fraction of sp³-hybridized carbons (Fsp3) is 0.684. The maximum atomic E-state index is 3.70. The SMILES string of the molecule is CCCNC(CC)c1ccccc1N1CCC(C)(C)CC1. The largest absolute Gasteiger partial charge is 0.371 e. The average Bonchev–Trinajstić information content (AvgIpc) is 2.49. The molecule has 1 fully saturated rings. The molecule has 0 spiro atoms. The molecule has 1 atom stereocenters. The molecule has 2 rings (SSSR count). The van der Waals surface area contributed by atoms with Crippen molar-refractivity contribution in [3.63, 3.8) is 0 Å². The van der Waals surface area contributed by atoms with E-state index < -0.39 is 0 Å². The van der Waals surface area contributed by atoms with Crippen LogP contribution in [0.5, 0.6) is 0 Å². The highest BCUT2D eigenvalue weighted by atomic mass is 15.1. The van der Waals surface area contributed by atoms with E-state index in [4.69, 9.17) is 0 Å². The third-order valence-corrected chi connectivity index (χ3v) is 4.82. The number of piperidine rings is 1. The van der Waals surface area contributed by atoms with Gasteiger partial charge in [-0.1, -0.05) is 45.9 Å². The molecular formula is C19H32N2. The lowest BCUT2D eigenvalue weighted by Gasteiger charge is -2.39. The van der Waals surface area contributed by atoms with Crippen LogP contribution in [0.2, 0.25) is 0 Å². The van der Waals surface area contributed by atoms with Gasteiger partial charge in [0.1, 0.15) is 0 Å². The Kier molecular flexibility index (Phi) is 5.69. The van der Waals surface area contributed by atoms with Gasteiger partial charge in [0.15, 0.2) is 0 Å². The van der Waals surface area contributed by atoms with Gasteiger partial charge in [-0.2, -0.15) is 0 Å². The second kappa shape index (κ2) is 7.31. The summed E-state index contributed by atoms with van der Waals surface area (Å²) in [4.78, 5) is 2.59. The van der Waals surface area contributed by atoms with Crippen molar-refractivity contribution >= 4 is 5.69 Å². The Balaban J connectivity index is 2.16. The Labute approximate surface area is 130 Å². The molecule has 1 aliphatic heterocycles. The molecule has 1 heterocycles. The molecule has 1 saturated heterocycles. The minimum atomic E-state index is 0.482. The molecule has 1 aliphatic rings. The zero-order valence-electron chi connectivity index (χ0n) is 14.3. The summed E-state index contributed by atoms with van der Waals surface area (Å²) in [6, 6.07) is 9.47. The Morgan fingerprint density at radius 1 is 1.14 bits per heavy atom. The fourth-order valence-electron chi connectivity index (χ4n) is 3.22. The van der Waals surface area contributed by atoms with Gasteiger partial charge >= 0.3 is 0 Å². The summed E-state index contributed by atoms with van der Waals surface area (Å²) in [5, 5.41) is 3.70. The van der Waals surface area contributed by atoms with Crippen molar-refractivity contribution in [3.8, 4) is 0 Å². The summed E-state index contributed by atoms with van der Waals surface area (Å²) in [7, 11) is 0. The summed E-state index contributed by atoms with van der Waals surface area (Å²) in [6.45, 7) is 12.8. The lowest BCUT2D eigenvalue weighted by Crippen LogP contribution is -2.38. The van der Waals surface area contributed by atoms with E-state index in [2.05, 4.69) is 62.2 Å². The van der Waals surface area contributed by atoms with Crippen LogP contribution in [0.25, 0.3) is 0 Å². The number of para-hydroxylation sites is 1. The lowest BCUT2D eigenvalue weighted by molar-refractivity contribution is 0.279.